The maximum Gasteiger partial charge on any atom is 0.255 e. The van der Waals surface area contributed by atoms with Crippen LogP contribution in [-0.2, 0) is 0 Å². The predicted octanol–water partition coefficient (Wildman–Crippen LogP) is 2.04. The van der Waals surface area contributed by atoms with Crippen molar-refractivity contribution in [2.45, 2.75) is 38.1 Å². The molecule has 0 unspecified atom stereocenters. The molecule has 4 nitrogen and oxygen atoms in total. The van der Waals surface area contributed by atoms with Gasteiger partial charge in [0.1, 0.15) is 5.75 Å². The van der Waals surface area contributed by atoms with Crippen LogP contribution in [-0.4, -0.2) is 17.1 Å². The third-order valence-electron chi connectivity index (χ3n) is 3.21. The summed E-state index contributed by atoms with van der Waals surface area (Å²) in [5, 5.41) is 12.6. The van der Waals surface area contributed by atoms with E-state index < -0.39 is 0 Å². The number of aromatic hydroxyl groups is 1. The van der Waals surface area contributed by atoms with Gasteiger partial charge >= 0.3 is 0 Å². The van der Waals surface area contributed by atoms with Gasteiger partial charge in [0.05, 0.1) is 5.56 Å². The van der Waals surface area contributed by atoms with E-state index in [2.05, 4.69) is 5.32 Å². The lowest BCUT2D eigenvalue weighted by Crippen LogP contribution is -2.36. The molecule has 1 amide bonds. The Bertz CT molecular complexity index is 412. The van der Waals surface area contributed by atoms with E-state index in [4.69, 9.17) is 5.73 Å². The molecule has 1 aliphatic rings. The van der Waals surface area contributed by atoms with E-state index >= 15 is 0 Å². The quantitative estimate of drug-likeness (QED) is 0.541. The lowest BCUT2D eigenvalue weighted by Gasteiger charge is -2.22. The third-order valence-corrected chi connectivity index (χ3v) is 3.21. The van der Waals surface area contributed by atoms with Crippen LogP contribution in [0.3, 0.4) is 0 Å². The van der Waals surface area contributed by atoms with Gasteiger partial charge in [-0.3, -0.25) is 4.79 Å². The molecule has 1 saturated carbocycles. The standard InChI is InChI=1S/C13H18N2O2/c14-9-6-7-12(16)11(8-9)13(17)15-10-4-2-1-3-5-10/h6-8,10,16H,1-5,14H2,(H,15,17). The molecule has 0 aliphatic heterocycles. The molecule has 0 spiro atoms. The van der Waals surface area contributed by atoms with Crippen LogP contribution < -0.4 is 11.1 Å². The highest BCUT2D eigenvalue weighted by molar-refractivity contribution is 5.97. The summed E-state index contributed by atoms with van der Waals surface area (Å²) < 4.78 is 0. The van der Waals surface area contributed by atoms with E-state index in [1.807, 2.05) is 0 Å². The van der Waals surface area contributed by atoms with Crippen molar-refractivity contribution < 1.29 is 9.90 Å². The minimum atomic E-state index is -0.235. The van der Waals surface area contributed by atoms with Crippen molar-refractivity contribution in [2.24, 2.45) is 0 Å². The number of carbonyl (C=O) groups excluding carboxylic acids is 1. The first-order valence-corrected chi connectivity index (χ1v) is 6.06. The van der Waals surface area contributed by atoms with Crippen LogP contribution in [0.5, 0.6) is 5.75 Å². The zero-order valence-electron chi connectivity index (χ0n) is 9.78. The Morgan fingerprint density at radius 3 is 2.71 bits per heavy atom. The summed E-state index contributed by atoms with van der Waals surface area (Å²) in [7, 11) is 0. The summed E-state index contributed by atoms with van der Waals surface area (Å²) in [6.45, 7) is 0. The van der Waals surface area contributed by atoms with E-state index in [1.165, 1.54) is 18.6 Å². The lowest BCUT2D eigenvalue weighted by atomic mass is 9.95. The van der Waals surface area contributed by atoms with Crippen LogP contribution in [0.1, 0.15) is 42.5 Å². The zero-order valence-corrected chi connectivity index (χ0v) is 9.78. The van der Waals surface area contributed by atoms with Crippen molar-refractivity contribution in [1.29, 1.82) is 0 Å². The highest BCUT2D eigenvalue weighted by atomic mass is 16.3. The van der Waals surface area contributed by atoms with Crippen LogP contribution in [0.15, 0.2) is 18.2 Å². The molecule has 1 aromatic rings. The smallest absolute Gasteiger partial charge is 0.255 e. The average Bonchev–Trinajstić information content (AvgIpc) is 2.33. The Morgan fingerprint density at radius 1 is 1.29 bits per heavy atom. The number of phenolic OH excluding ortho intramolecular Hbond substituents is 1. The number of hydrogen-bond donors (Lipinski definition) is 3. The number of amides is 1. The van der Waals surface area contributed by atoms with Gasteiger partial charge in [0.2, 0.25) is 0 Å². The number of anilines is 1. The van der Waals surface area contributed by atoms with Gasteiger partial charge in [-0.25, -0.2) is 0 Å². The van der Waals surface area contributed by atoms with Gasteiger partial charge in [0.25, 0.3) is 5.91 Å². The van der Waals surface area contributed by atoms with Gasteiger partial charge < -0.3 is 16.2 Å². The fourth-order valence-corrected chi connectivity index (χ4v) is 2.25. The Labute approximate surface area is 101 Å². The number of carbonyl (C=O) groups is 1. The topological polar surface area (TPSA) is 75.3 Å². The number of phenols is 1. The molecule has 1 fully saturated rings. The Morgan fingerprint density at radius 2 is 2.00 bits per heavy atom. The average molecular weight is 234 g/mol. The third kappa shape index (κ3) is 2.90. The van der Waals surface area contributed by atoms with Crippen molar-refractivity contribution in [1.82, 2.24) is 5.32 Å². The van der Waals surface area contributed by atoms with Gasteiger partial charge in [-0.15, -0.1) is 0 Å². The number of rotatable bonds is 2. The van der Waals surface area contributed by atoms with Crippen LogP contribution in [0.25, 0.3) is 0 Å². The molecule has 1 aliphatic carbocycles. The second kappa shape index (κ2) is 5.08. The summed E-state index contributed by atoms with van der Waals surface area (Å²) >= 11 is 0. The van der Waals surface area contributed by atoms with Gasteiger partial charge in [0.15, 0.2) is 0 Å². The van der Waals surface area contributed by atoms with Crippen LogP contribution >= 0.6 is 0 Å². The molecule has 4 N–H and O–H groups in total. The van der Waals surface area contributed by atoms with Crippen molar-refractivity contribution in [2.75, 3.05) is 5.73 Å². The van der Waals surface area contributed by atoms with E-state index in [9.17, 15) is 9.90 Å². The maximum atomic E-state index is 12.0. The molecular formula is C13H18N2O2. The number of nitrogens with two attached hydrogens (primary N) is 1. The van der Waals surface area contributed by atoms with Crippen molar-refractivity contribution in [3.8, 4) is 5.75 Å². The summed E-state index contributed by atoms with van der Waals surface area (Å²) in [5.74, 6) is -0.255. The van der Waals surface area contributed by atoms with E-state index in [1.54, 1.807) is 6.07 Å². The van der Waals surface area contributed by atoms with Crippen molar-refractivity contribution in [3.63, 3.8) is 0 Å². The van der Waals surface area contributed by atoms with E-state index in [0.29, 0.717) is 5.69 Å². The van der Waals surface area contributed by atoms with E-state index in [0.717, 1.165) is 25.7 Å². The second-order valence-corrected chi connectivity index (χ2v) is 4.58. The van der Waals surface area contributed by atoms with Gasteiger partial charge in [-0.05, 0) is 31.0 Å². The molecule has 0 aromatic heterocycles. The molecule has 92 valence electrons. The molecule has 0 atom stereocenters. The molecule has 0 saturated heterocycles. The van der Waals surface area contributed by atoms with Gasteiger partial charge in [0, 0.05) is 11.7 Å². The van der Waals surface area contributed by atoms with Crippen LogP contribution in [0, 0.1) is 0 Å². The number of hydrogen-bond acceptors (Lipinski definition) is 3. The normalized spacial score (nSPS) is 16.7. The van der Waals surface area contributed by atoms with Crippen LogP contribution in [0.4, 0.5) is 5.69 Å². The fraction of sp³-hybridized carbons (Fsp3) is 0.462. The molecular weight excluding hydrogens is 216 g/mol. The largest absolute Gasteiger partial charge is 0.507 e. The van der Waals surface area contributed by atoms with Gasteiger partial charge in [-0.1, -0.05) is 19.3 Å². The molecule has 0 bridgehead atoms. The second-order valence-electron chi connectivity index (χ2n) is 4.58. The van der Waals surface area contributed by atoms with Crippen molar-refractivity contribution >= 4 is 11.6 Å². The lowest BCUT2D eigenvalue weighted by molar-refractivity contribution is 0.0925. The van der Waals surface area contributed by atoms with Gasteiger partial charge in [-0.2, -0.15) is 0 Å². The zero-order chi connectivity index (χ0) is 12.3. The number of benzene rings is 1. The van der Waals surface area contributed by atoms with Crippen LogP contribution in [0.2, 0.25) is 0 Å². The monoisotopic (exact) mass is 234 g/mol. The summed E-state index contributed by atoms with van der Waals surface area (Å²) in [6, 6.07) is 4.77. The fourth-order valence-electron chi connectivity index (χ4n) is 2.25. The first-order valence-electron chi connectivity index (χ1n) is 6.06. The Balaban J connectivity index is 2.05. The minimum absolute atomic E-state index is 0.0208. The SMILES string of the molecule is Nc1ccc(O)c(C(=O)NC2CCCCC2)c1. The Hall–Kier alpha value is -1.71. The molecule has 0 radical (unpaired) electrons. The number of nitrogens with one attached hydrogen (secondary N) is 1. The number of nitrogen functional groups attached to an aromatic ring is 1. The summed E-state index contributed by atoms with van der Waals surface area (Å²) in [6.07, 6.45) is 5.61. The molecule has 0 heterocycles. The summed E-state index contributed by atoms with van der Waals surface area (Å²) in [4.78, 5) is 12.0. The van der Waals surface area contributed by atoms with E-state index in [-0.39, 0.29) is 23.3 Å². The maximum absolute atomic E-state index is 12.0. The summed E-state index contributed by atoms with van der Waals surface area (Å²) in [5.41, 5.74) is 6.35. The molecule has 1 aromatic carbocycles. The van der Waals surface area contributed by atoms with Crippen molar-refractivity contribution in [3.05, 3.63) is 23.8 Å². The molecule has 4 heteroatoms. The Kier molecular flexibility index (Phi) is 3.52. The molecule has 17 heavy (non-hydrogen) atoms. The first-order chi connectivity index (χ1) is 8.16. The minimum Gasteiger partial charge on any atom is -0.507 e. The first kappa shape index (κ1) is 11.8. The highest BCUT2D eigenvalue weighted by Crippen LogP contribution is 2.22. The predicted molar refractivity (Wildman–Crippen MR) is 66.9 cm³/mol. The highest BCUT2D eigenvalue weighted by Gasteiger charge is 2.18. The molecule has 2 rings (SSSR count).